The third-order valence-electron chi connectivity index (χ3n) is 7.06. The Morgan fingerprint density at radius 1 is 0.707 bits per heavy atom. The molecule has 1 heteroatoms. The summed E-state index contributed by atoms with van der Waals surface area (Å²) in [6, 6.07) is 0. The monoisotopic (exact) mass is 662 g/mol. The zero-order chi connectivity index (χ0) is 30.8. The number of halogens is 1. The van der Waals surface area contributed by atoms with E-state index < -0.39 is 0 Å². The first-order valence-electron chi connectivity index (χ1n) is 15.0. The molecule has 0 spiro atoms. The molecule has 0 aliphatic heterocycles. The van der Waals surface area contributed by atoms with Crippen LogP contribution in [-0.2, 0) is 0 Å². The van der Waals surface area contributed by atoms with Gasteiger partial charge in [-0.1, -0.05) is 173 Å². The van der Waals surface area contributed by atoms with Crippen molar-refractivity contribution in [3.8, 4) is 0 Å². The number of allylic oxidation sites excluding steroid dienone is 24. The van der Waals surface area contributed by atoms with E-state index in [4.69, 9.17) is 0 Å². The Labute approximate surface area is 267 Å². The van der Waals surface area contributed by atoms with Crippen LogP contribution in [0, 0.1) is 5.41 Å². The standard InChI is InChI=1S/C40H55I/c1-31(2)17-13-20-34(5)23-15-25-35(6)24-14-21-32(3)18-11-12-19-33(4)22-16-26-36(7)27-28-39-37(8)29-38(41)30-40(39,9)10/h11-12,14-19,21-28,38H,13,20,29-30H2,1-10H3/b12-11+,21-14+,22-16+,25-15+,28-27+,32-18+,33-19+,34-23+,35-24+,36-26+. The maximum Gasteiger partial charge on any atom is 0.0155 e. The van der Waals surface area contributed by atoms with Gasteiger partial charge in [0.1, 0.15) is 0 Å². The van der Waals surface area contributed by atoms with E-state index in [2.05, 4.69) is 189 Å². The fraction of sp³-hybridized carbons (Fsp3) is 0.400. The molecule has 0 saturated heterocycles. The summed E-state index contributed by atoms with van der Waals surface area (Å²) in [5, 5.41) is 0. The molecule has 0 amide bonds. The summed E-state index contributed by atoms with van der Waals surface area (Å²) in [4.78, 5) is 0. The zero-order valence-corrected chi connectivity index (χ0v) is 29.7. The molecule has 41 heavy (non-hydrogen) atoms. The van der Waals surface area contributed by atoms with Gasteiger partial charge < -0.3 is 0 Å². The van der Waals surface area contributed by atoms with Gasteiger partial charge in [-0.2, -0.15) is 0 Å². The first-order valence-corrected chi connectivity index (χ1v) is 16.3. The highest BCUT2D eigenvalue weighted by Crippen LogP contribution is 2.43. The second kappa shape index (κ2) is 19.7. The molecule has 0 aromatic heterocycles. The normalized spacial score (nSPS) is 20.2. The molecule has 0 radical (unpaired) electrons. The second-order valence-corrected chi connectivity index (χ2v) is 14.1. The van der Waals surface area contributed by atoms with Crippen LogP contribution in [0.2, 0.25) is 0 Å². The van der Waals surface area contributed by atoms with E-state index in [0.717, 1.165) is 16.8 Å². The molecule has 0 aromatic carbocycles. The molecule has 0 heterocycles. The van der Waals surface area contributed by atoms with Crippen LogP contribution in [0.15, 0.2) is 142 Å². The highest BCUT2D eigenvalue weighted by Gasteiger charge is 2.30. The van der Waals surface area contributed by atoms with Gasteiger partial charge in [0.2, 0.25) is 0 Å². The van der Waals surface area contributed by atoms with Gasteiger partial charge in [0, 0.05) is 3.92 Å². The summed E-state index contributed by atoms with van der Waals surface area (Å²) in [5.74, 6) is 0. The topological polar surface area (TPSA) is 0 Å². The van der Waals surface area contributed by atoms with Gasteiger partial charge in [0.25, 0.3) is 0 Å². The van der Waals surface area contributed by atoms with Gasteiger partial charge in [-0.05, 0) is 92.1 Å². The third kappa shape index (κ3) is 17.2. The average molecular weight is 663 g/mol. The van der Waals surface area contributed by atoms with Crippen molar-refractivity contribution in [3.05, 3.63) is 142 Å². The lowest BCUT2D eigenvalue weighted by molar-refractivity contribution is 0.390. The third-order valence-corrected chi connectivity index (χ3v) is 7.94. The van der Waals surface area contributed by atoms with Crippen LogP contribution in [0.25, 0.3) is 0 Å². The number of rotatable bonds is 13. The lowest BCUT2D eigenvalue weighted by atomic mass is 9.72. The minimum absolute atomic E-state index is 0.254. The zero-order valence-electron chi connectivity index (χ0n) is 27.5. The maximum absolute atomic E-state index is 2.60. The summed E-state index contributed by atoms with van der Waals surface area (Å²) in [6.45, 7) is 22.1. The Balaban J connectivity index is 2.60. The highest BCUT2D eigenvalue weighted by molar-refractivity contribution is 14.1. The van der Waals surface area contributed by atoms with Crippen LogP contribution in [0.5, 0.6) is 0 Å². The summed E-state index contributed by atoms with van der Waals surface area (Å²) in [6.07, 6.45) is 39.5. The molecule has 1 atom stereocenters. The molecule has 0 bridgehead atoms. The smallest absolute Gasteiger partial charge is 0.0155 e. The number of hydrogen-bond acceptors (Lipinski definition) is 0. The van der Waals surface area contributed by atoms with E-state index in [0.29, 0.717) is 0 Å². The SMILES string of the molecule is CC(C)=CCC/C(C)=C/C=C/C(C)=C/C=C/C(C)=C/C=C/C=C(C)/C=C/C=C(C)/C=C/C1=C(C)CC(I)CC1(C)C. The van der Waals surface area contributed by atoms with E-state index >= 15 is 0 Å². The summed E-state index contributed by atoms with van der Waals surface area (Å²) < 4.78 is 0.748. The maximum atomic E-state index is 2.60. The minimum atomic E-state index is 0.254. The lowest BCUT2D eigenvalue weighted by Crippen LogP contribution is -2.25. The van der Waals surface area contributed by atoms with Gasteiger partial charge in [-0.15, -0.1) is 0 Å². The highest BCUT2D eigenvalue weighted by atomic mass is 127. The van der Waals surface area contributed by atoms with Crippen molar-refractivity contribution in [1.82, 2.24) is 0 Å². The molecule has 0 N–H and O–H groups in total. The van der Waals surface area contributed by atoms with Crippen molar-refractivity contribution in [1.29, 1.82) is 0 Å². The van der Waals surface area contributed by atoms with Crippen molar-refractivity contribution in [2.75, 3.05) is 0 Å². The molecule has 0 saturated carbocycles. The fourth-order valence-electron chi connectivity index (χ4n) is 4.71. The second-order valence-electron chi connectivity index (χ2n) is 12.4. The summed E-state index contributed by atoms with van der Waals surface area (Å²) in [7, 11) is 0. The molecule has 0 nitrogen and oxygen atoms in total. The first-order chi connectivity index (χ1) is 19.3. The van der Waals surface area contributed by atoms with Gasteiger partial charge >= 0.3 is 0 Å². The van der Waals surface area contributed by atoms with E-state index in [1.165, 1.54) is 57.4 Å². The van der Waals surface area contributed by atoms with Gasteiger partial charge in [-0.3, -0.25) is 0 Å². The molecule has 1 aliphatic rings. The van der Waals surface area contributed by atoms with E-state index in [9.17, 15) is 0 Å². The van der Waals surface area contributed by atoms with Crippen LogP contribution < -0.4 is 0 Å². The average Bonchev–Trinajstić information content (AvgIpc) is 2.85. The van der Waals surface area contributed by atoms with E-state index in [1.807, 2.05) is 0 Å². The molecular weight excluding hydrogens is 607 g/mol. The van der Waals surface area contributed by atoms with Crippen molar-refractivity contribution >= 4 is 22.6 Å². The Kier molecular flexibility index (Phi) is 17.6. The minimum Gasteiger partial charge on any atom is -0.0856 e. The lowest BCUT2D eigenvalue weighted by Gasteiger charge is -2.35. The van der Waals surface area contributed by atoms with Gasteiger partial charge in [0.05, 0.1) is 0 Å². The van der Waals surface area contributed by atoms with Crippen LogP contribution >= 0.6 is 22.6 Å². The quantitative estimate of drug-likeness (QED) is 0.0797. The molecule has 222 valence electrons. The number of alkyl halides is 1. The van der Waals surface area contributed by atoms with Crippen LogP contribution in [0.1, 0.15) is 94.9 Å². The molecule has 1 aliphatic carbocycles. The van der Waals surface area contributed by atoms with Crippen molar-refractivity contribution in [2.45, 2.75) is 98.8 Å². The molecule has 1 unspecified atom stereocenters. The molecule has 1 rings (SSSR count). The van der Waals surface area contributed by atoms with Crippen molar-refractivity contribution in [2.24, 2.45) is 5.41 Å². The summed E-state index contributed by atoms with van der Waals surface area (Å²) in [5.41, 5.74) is 11.0. The van der Waals surface area contributed by atoms with Gasteiger partial charge in [0.15, 0.2) is 0 Å². The van der Waals surface area contributed by atoms with Crippen LogP contribution in [0.4, 0.5) is 0 Å². The van der Waals surface area contributed by atoms with Crippen molar-refractivity contribution < 1.29 is 0 Å². The summed E-state index contributed by atoms with van der Waals surface area (Å²) >= 11 is 2.60. The van der Waals surface area contributed by atoms with Gasteiger partial charge in [-0.25, -0.2) is 0 Å². The van der Waals surface area contributed by atoms with E-state index in [1.54, 1.807) is 0 Å². The first kappa shape index (κ1) is 36.6. The van der Waals surface area contributed by atoms with Crippen LogP contribution in [-0.4, -0.2) is 3.92 Å². The largest absolute Gasteiger partial charge is 0.0856 e. The Morgan fingerprint density at radius 2 is 1.17 bits per heavy atom. The van der Waals surface area contributed by atoms with Crippen molar-refractivity contribution in [3.63, 3.8) is 0 Å². The predicted octanol–water partition coefficient (Wildman–Crippen LogP) is 13.2. The fourth-order valence-corrected chi connectivity index (χ4v) is 6.48. The number of hydrogen-bond donors (Lipinski definition) is 0. The Morgan fingerprint density at radius 3 is 1.66 bits per heavy atom. The Bertz CT molecular complexity index is 1220. The Hall–Kier alpha value is -2.39. The molecular formula is C40H55I. The van der Waals surface area contributed by atoms with E-state index in [-0.39, 0.29) is 5.41 Å². The predicted molar refractivity (Wildman–Crippen MR) is 197 cm³/mol. The molecule has 0 aromatic rings. The van der Waals surface area contributed by atoms with Crippen LogP contribution in [0.3, 0.4) is 0 Å². The molecule has 0 fully saturated rings.